The number of amides is 3. The lowest BCUT2D eigenvalue weighted by Crippen LogP contribution is -2.82. The molecule has 21 heteroatoms. The number of aliphatic hydroxyl groups excluding tert-OH is 1. The first-order chi connectivity index (χ1) is 48.4. The summed E-state index contributed by atoms with van der Waals surface area (Å²) in [5, 5.41) is 34.9. The van der Waals surface area contributed by atoms with E-state index in [0.717, 1.165) is 56.8 Å². The van der Waals surface area contributed by atoms with Crippen LogP contribution in [0.15, 0.2) is 114 Å². The Morgan fingerprint density at radius 2 is 1.40 bits per heavy atom. The first-order valence-electron chi connectivity index (χ1n) is 37.0. The smallest absolute Gasteiger partial charge is 0.407 e. The van der Waals surface area contributed by atoms with E-state index in [2.05, 4.69) is 56.6 Å². The van der Waals surface area contributed by atoms with Crippen LogP contribution in [0.4, 0.5) is 4.79 Å². The van der Waals surface area contributed by atoms with Gasteiger partial charge in [0.25, 0.3) is 5.91 Å². The number of carbonyl (C=O) groups excluding carboxylic acids is 9. The Labute approximate surface area is 599 Å². The Hall–Kier alpha value is -7.75. The van der Waals surface area contributed by atoms with E-state index in [4.69, 9.17) is 33.2 Å². The number of benzene rings is 3. The second-order valence-electron chi connectivity index (χ2n) is 32.2. The van der Waals surface area contributed by atoms with E-state index < -0.39 is 143 Å². The maximum Gasteiger partial charge on any atom is 0.407 e. The van der Waals surface area contributed by atoms with Gasteiger partial charge in [0.05, 0.1) is 36.0 Å². The van der Waals surface area contributed by atoms with E-state index in [1.165, 1.54) is 102 Å². The quantitative estimate of drug-likeness (QED) is 0.0255. The number of Topliss-reactive ketones (excluding diaryl/α,β-unsaturated/α-hetero) is 1. The van der Waals surface area contributed by atoms with Crippen molar-refractivity contribution in [2.24, 2.45) is 63.1 Å². The van der Waals surface area contributed by atoms with Gasteiger partial charge in [-0.05, 0) is 146 Å². The number of allylic oxidation sites excluding steroid dienone is 1. The lowest BCUT2D eigenvalue weighted by Gasteiger charge is -2.67. The van der Waals surface area contributed by atoms with Crippen LogP contribution in [0.2, 0.25) is 0 Å². The zero-order valence-corrected chi connectivity index (χ0v) is 61.1. The van der Waals surface area contributed by atoms with Crippen molar-refractivity contribution in [2.45, 2.75) is 232 Å². The molecule has 0 radical (unpaired) electrons. The van der Waals surface area contributed by atoms with Crippen molar-refractivity contribution < 1.29 is 86.5 Å². The molecule has 0 spiro atoms. The number of carbonyl (C=O) groups is 9. The van der Waals surface area contributed by atoms with E-state index in [9.17, 15) is 43.8 Å². The van der Waals surface area contributed by atoms with Crippen LogP contribution in [0.25, 0.3) is 0 Å². The molecule has 21 nitrogen and oxygen atoms in total. The molecule has 552 valence electrons. The second kappa shape index (κ2) is 30.1. The van der Waals surface area contributed by atoms with Crippen LogP contribution in [-0.4, -0.2) is 137 Å². The van der Waals surface area contributed by atoms with E-state index >= 15 is 9.59 Å². The van der Waals surface area contributed by atoms with Crippen LogP contribution in [0.1, 0.15) is 205 Å². The fourth-order valence-corrected chi connectivity index (χ4v) is 20.1. The Morgan fingerprint density at radius 3 is 2.05 bits per heavy atom. The summed E-state index contributed by atoms with van der Waals surface area (Å²) in [7, 11) is 0. The van der Waals surface area contributed by atoms with Gasteiger partial charge in [-0.1, -0.05) is 146 Å². The van der Waals surface area contributed by atoms with Gasteiger partial charge >= 0.3 is 35.9 Å². The fourth-order valence-electron chi connectivity index (χ4n) is 20.1. The topological polar surface area (TPSA) is 295 Å². The molecule has 2 bridgehead atoms. The molecule has 11 rings (SSSR count). The lowest BCUT2D eigenvalue weighted by atomic mass is 9.44. The van der Waals surface area contributed by atoms with E-state index in [1.54, 1.807) is 66.7 Å². The number of nitrogens with one attached hydrogen (secondary N) is 3. The monoisotopic (exact) mass is 1410 g/mol. The molecule has 5 N–H and O–H groups in total. The van der Waals surface area contributed by atoms with Gasteiger partial charge in [0, 0.05) is 63.6 Å². The highest BCUT2D eigenvalue weighted by atomic mass is 16.6. The highest BCUT2D eigenvalue weighted by molar-refractivity contribution is 5.97. The minimum absolute atomic E-state index is 0.0105. The van der Waals surface area contributed by atoms with Crippen molar-refractivity contribution in [2.75, 3.05) is 19.7 Å². The van der Waals surface area contributed by atoms with Gasteiger partial charge in [-0.15, -0.1) is 0 Å². The van der Waals surface area contributed by atoms with E-state index in [0.29, 0.717) is 23.7 Å². The summed E-state index contributed by atoms with van der Waals surface area (Å²) in [5.41, 5.74) is -5.96. The normalized spacial score (nSPS) is 33.5. The third-order valence-electron chi connectivity index (χ3n) is 25.5. The van der Waals surface area contributed by atoms with Gasteiger partial charge in [0.1, 0.15) is 36.1 Å². The van der Waals surface area contributed by atoms with Gasteiger partial charge in [-0.3, -0.25) is 28.8 Å². The summed E-state index contributed by atoms with van der Waals surface area (Å²) < 4.78 is 43.3. The lowest BCUT2D eigenvalue weighted by molar-refractivity contribution is -0.346. The average Bonchev–Trinajstić information content (AvgIpc) is 0.747. The molecule has 1 unspecified atom stereocenters. The molecule has 5 saturated carbocycles. The molecule has 102 heavy (non-hydrogen) atoms. The number of esters is 5. The molecular weight excluding hydrogens is 1300 g/mol. The zero-order chi connectivity index (χ0) is 73.4. The second-order valence-corrected chi connectivity index (χ2v) is 32.2. The molecular formula is C81H105N3O18. The number of rotatable bonds is 23. The highest BCUT2D eigenvalue weighted by Crippen LogP contribution is 2.68. The van der Waals surface area contributed by atoms with Crippen LogP contribution < -0.4 is 16.0 Å². The van der Waals surface area contributed by atoms with Crippen molar-refractivity contribution in [3.63, 3.8) is 0 Å². The van der Waals surface area contributed by atoms with Gasteiger partial charge in [0.15, 0.2) is 17.5 Å². The van der Waals surface area contributed by atoms with Crippen LogP contribution in [0, 0.1) is 63.1 Å². The van der Waals surface area contributed by atoms with E-state index in [1.807, 2.05) is 0 Å². The minimum Gasteiger partial charge on any atom is -0.455 e. The van der Waals surface area contributed by atoms with Gasteiger partial charge in [0.2, 0.25) is 12.0 Å². The number of ether oxygens (including phenoxy) is 7. The first-order valence-corrected chi connectivity index (χ1v) is 37.0. The van der Waals surface area contributed by atoms with Crippen LogP contribution >= 0.6 is 0 Å². The fraction of sp³-hybridized carbons (Fsp3) is 0.617. The Kier molecular flexibility index (Phi) is 22.3. The number of alkyl carbamates (subject to hydrolysis) is 1. The van der Waals surface area contributed by atoms with Crippen molar-refractivity contribution >= 4 is 53.5 Å². The van der Waals surface area contributed by atoms with Gasteiger partial charge in [-0.25, -0.2) is 14.4 Å². The predicted molar refractivity (Wildman–Crippen MR) is 375 cm³/mol. The SMILES string of the molecule is CC(=O)O[C@H]1C(=O)[C@@]2(C)[C@H]([C@H](OC(=O)c3ccccc3)[C@]3(O)C[C@H](OC(=O)[C@H](OC(=O)CCC(=O)NCCNC(=O)OC4CC[C@@]5(C)C(=CC[C@H]6[C@@H]7CC[C@H]([C@H](C)CCCC(C)C)[C@@]7(C)CC[C@@H]65)C4)[C@@H](NC(=O)c4ccccc4)c4ccccc4)C(C)=C1C3(C)C)[C@]1(OC(C)=O)CO[C@@H]1C[C@@H]2O. The molecule has 6 fully saturated rings. The van der Waals surface area contributed by atoms with Crippen LogP contribution in [0.3, 0.4) is 0 Å². The van der Waals surface area contributed by atoms with Crippen LogP contribution in [0.5, 0.6) is 0 Å². The number of ketones is 1. The number of hydrogen-bond acceptors (Lipinski definition) is 18. The molecule has 0 aromatic heterocycles. The first kappa shape index (κ1) is 75.4. The van der Waals surface area contributed by atoms with Crippen molar-refractivity contribution in [1.82, 2.24) is 16.0 Å². The highest BCUT2D eigenvalue weighted by Gasteiger charge is 2.78. The maximum absolute atomic E-state index is 16.0. The zero-order valence-electron chi connectivity index (χ0n) is 61.1. The Balaban J connectivity index is 0.795. The van der Waals surface area contributed by atoms with Crippen molar-refractivity contribution in [1.29, 1.82) is 0 Å². The molecule has 1 heterocycles. The molecule has 7 aliphatic carbocycles. The number of fused-ring (bicyclic) bond motifs is 10. The third kappa shape index (κ3) is 14.4. The average molecular weight is 1410 g/mol. The molecule has 3 amide bonds. The largest absolute Gasteiger partial charge is 0.455 e. The summed E-state index contributed by atoms with van der Waals surface area (Å²) in [5.74, 6) is -4.63. The molecule has 1 saturated heterocycles. The molecule has 8 aliphatic rings. The summed E-state index contributed by atoms with van der Waals surface area (Å²) in [6.45, 7) is 20.0. The van der Waals surface area contributed by atoms with E-state index in [-0.39, 0.29) is 65.5 Å². The molecule has 3 aromatic carbocycles. The third-order valence-corrected chi connectivity index (χ3v) is 25.5. The number of hydrogen-bond donors (Lipinski definition) is 5. The van der Waals surface area contributed by atoms with Gasteiger partial charge in [-0.2, -0.15) is 0 Å². The van der Waals surface area contributed by atoms with Crippen LogP contribution in [-0.2, 0) is 61.9 Å². The summed E-state index contributed by atoms with van der Waals surface area (Å²) in [4.78, 5) is 128. The number of aliphatic hydroxyl groups is 2. The molecule has 3 aromatic rings. The summed E-state index contributed by atoms with van der Waals surface area (Å²) in [6, 6.07) is 22.5. The van der Waals surface area contributed by atoms with Crippen molar-refractivity contribution in [3.8, 4) is 0 Å². The Bertz CT molecular complexity index is 3710. The van der Waals surface area contributed by atoms with Gasteiger partial charge < -0.3 is 59.3 Å². The van der Waals surface area contributed by atoms with Crippen molar-refractivity contribution in [3.05, 3.63) is 130 Å². The summed E-state index contributed by atoms with van der Waals surface area (Å²) >= 11 is 0. The Morgan fingerprint density at radius 1 is 0.735 bits per heavy atom. The minimum atomic E-state index is -2.53. The molecule has 19 atom stereocenters. The predicted octanol–water partition coefficient (Wildman–Crippen LogP) is 11.3. The molecule has 1 aliphatic heterocycles. The maximum atomic E-state index is 16.0. The summed E-state index contributed by atoms with van der Waals surface area (Å²) in [6.07, 6.45) is 1.97. The standard InChI is InChI=1S/C81H105N3O18/c1-46(2)22-21-23-47(3)57-32-33-58-56-31-30-54-42-55(36-38-77(54,9)59(56)37-39-78(57,58)10)98-75(94)83-41-40-82-63(88)34-35-64(89)100-68(66(51-24-15-12-16-25-51)84-72(91)52-26-17-13-18-27-52)74(93)99-60-44-81(95)71(101-73(92)53-28-19-14-20-29-53)69-79(11,61(87)43-62-80(69,45-96-62)102-50(6)86)70(90)67(97-49(5)85)65(48(60)4)76(81,7)8/h12-20,24-30,46-47,55-62,66-69,71,87,95H,21-23,31-45H2,1-11H3,(H,82,88)(H,83,94)(H,84,91)/t47-,55?,56+,57-,58+,59+,60+,61+,62-,66+,67-,68-,69+,71+,77+,78-,79-,80+,81-/m1/s1.